The molecule has 1 aliphatic heterocycles. The first-order valence-electron chi connectivity index (χ1n) is 25.5. The standard InChI is InChI=1S/C69H57N4O.Pt/c1-46-38-66(70-44-61(46)50-24-15-10-16-25-50)73-62-37-32-51(47-30-33-52(34-31-47)68(2,3)4)39-60(62)59-36-35-55(43-65(59)73)74-56-41-53(69(5,6)7)40-54(42-56)71-45-72(64-29-18-17-28-63(64)71)67-57(48-20-11-8-12-21-48)26-19-27-58(67)49-22-13-9-14-23-49;/h8-41,44-45H,1-7H3;/q-3;. The van der Waals surface area contributed by atoms with Gasteiger partial charge in [-0.05, 0) is 86.3 Å². The summed E-state index contributed by atoms with van der Waals surface area (Å²) in [6.07, 6.45) is 2.00. The quantitative estimate of drug-likeness (QED) is 0.135. The van der Waals surface area contributed by atoms with Crippen molar-refractivity contribution >= 4 is 44.6 Å². The number of nitrogens with zero attached hydrogens (tertiary/aromatic N) is 4. The minimum Gasteiger partial charge on any atom is -0.509 e. The molecule has 3 heterocycles. The molecule has 1 aliphatic rings. The SMILES string of the molecule is Cc1cc(-n2c3[c-]c(Oc4[c-]c(N5[CH-]N(c6c(-c7ccccc7)cccc6-c6ccccc6)c6ccccc65)cc(C(C)(C)C)c4)ccc3c3cc(-c4ccc(C(C)(C)C)cc4)ccc32)ncc1-c1ccccc1.[Pt]. The third-order valence-corrected chi connectivity index (χ3v) is 14.4. The van der Waals surface area contributed by atoms with Gasteiger partial charge in [-0.2, -0.15) is 6.07 Å². The molecule has 9 aromatic carbocycles. The van der Waals surface area contributed by atoms with Crippen molar-refractivity contribution in [2.45, 2.75) is 59.3 Å². The van der Waals surface area contributed by atoms with Crippen molar-refractivity contribution in [1.82, 2.24) is 9.55 Å². The van der Waals surface area contributed by atoms with E-state index in [1.165, 1.54) is 11.1 Å². The van der Waals surface area contributed by atoms with E-state index >= 15 is 0 Å². The molecule has 0 spiro atoms. The van der Waals surface area contributed by atoms with E-state index in [2.05, 4.69) is 276 Å². The predicted molar refractivity (Wildman–Crippen MR) is 308 cm³/mol. The van der Waals surface area contributed by atoms with Crippen LogP contribution in [-0.2, 0) is 31.9 Å². The molecule has 372 valence electrons. The molecular weight excluding hydrogens is 1100 g/mol. The largest absolute Gasteiger partial charge is 0.509 e. The van der Waals surface area contributed by atoms with Crippen LogP contribution >= 0.6 is 0 Å². The summed E-state index contributed by atoms with van der Waals surface area (Å²) in [4.78, 5) is 9.74. The fourth-order valence-corrected chi connectivity index (χ4v) is 10.4. The number of aromatic nitrogens is 2. The molecule has 0 radical (unpaired) electrons. The second kappa shape index (κ2) is 19.7. The van der Waals surface area contributed by atoms with Crippen LogP contribution in [0.3, 0.4) is 0 Å². The Kier molecular flexibility index (Phi) is 12.9. The van der Waals surface area contributed by atoms with E-state index in [4.69, 9.17) is 9.72 Å². The number of fused-ring (bicyclic) bond motifs is 4. The molecule has 0 atom stereocenters. The van der Waals surface area contributed by atoms with Crippen LogP contribution in [0.15, 0.2) is 212 Å². The van der Waals surface area contributed by atoms with Gasteiger partial charge in [-0.3, -0.25) is 0 Å². The molecule has 12 rings (SSSR count). The van der Waals surface area contributed by atoms with Gasteiger partial charge in [0.15, 0.2) is 0 Å². The molecule has 0 aliphatic carbocycles. The average Bonchev–Trinajstić information content (AvgIpc) is 3.97. The van der Waals surface area contributed by atoms with E-state index in [1.54, 1.807) is 0 Å². The van der Waals surface area contributed by atoms with E-state index in [-0.39, 0.29) is 31.9 Å². The van der Waals surface area contributed by atoms with Gasteiger partial charge in [-0.15, -0.1) is 53.6 Å². The molecule has 0 bridgehead atoms. The summed E-state index contributed by atoms with van der Waals surface area (Å²) in [5.74, 6) is 2.01. The number of anilines is 4. The van der Waals surface area contributed by atoms with Crippen LogP contribution in [0.25, 0.3) is 72.1 Å². The van der Waals surface area contributed by atoms with E-state index in [1.807, 2.05) is 18.3 Å². The van der Waals surface area contributed by atoms with Gasteiger partial charge < -0.3 is 19.1 Å². The zero-order valence-corrected chi connectivity index (χ0v) is 45.6. The van der Waals surface area contributed by atoms with Gasteiger partial charge in [0.25, 0.3) is 0 Å². The topological polar surface area (TPSA) is 33.5 Å². The zero-order chi connectivity index (χ0) is 50.7. The number of para-hydroxylation sites is 3. The molecule has 0 N–H and O–H groups in total. The fourth-order valence-electron chi connectivity index (χ4n) is 10.4. The van der Waals surface area contributed by atoms with E-state index in [0.29, 0.717) is 11.5 Å². The third-order valence-electron chi connectivity index (χ3n) is 14.4. The van der Waals surface area contributed by atoms with Crippen LogP contribution in [0, 0.1) is 25.7 Å². The minimum atomic E-state index is -0.207. The first-order valence-corrected chi connectivity index (χ1v) is 25.5. The van der Waals surface area contributed by atoms with Gasteiger partial charge in [0, 0.05) is 78.0 Å². The summed E-state index contributed by atoms with van der Waals surface area (Å²) in [6.45, 7) is 17.9. The van der Waals surface area contributed by atoms with Crippen molar-refractivity contribution in [1.29, 1.82) is 0 Å². The van der Waals surface area contributed by atoms with Crippen LogP contribution < -0.4 is 14.5 Å². The maximum absolute atomic E-state index is 7.00. The Morgan fingerprint density at radius 2 is 1.04 bits per heavy atom. The zero-order valence-electron chi connectivity index (χ0n) is 43.3. The summed E-state index contributed by atoms with van der Waals surface area (Å²) in [7, 11) is 0. The second-order valence-corrected chi connectivity index (χ2v) is 21.5. The minimum absolute atomic E-state index is 0. The van der Waals surface area contributed by atoms with Crippen molar-refractivity contribution in [3.8, 4) is 61.8 Å². The summed E-state index contributed by atoms with van der Waals surface area (Å²) >= 11 is 0. The van der Waals surface area contributed by atoms with E-state index in [0.717, 1.165) is 100 Å². The molecule has 0 unspecified atom stereocenters. The number of ether oxygens (including phenoxy) is 1. The second-order valence-electron chi connectivity index (χ2n) is 21.5. The summed E-state index contributed by atoms with van der Waals surface area (Å²) in [6, 6.07) is 81.0. The third kappa shape index (κ3) is 9.36. The smallest absolute Gasteiger partial charge is 0.135 e. The number of hydrogen-bond acceptors (Lipinski definition) is 4. The van der Waals surface area contributed by atoms with Gasteiger partial charge >= 0.3 is 0 Å². The Morgan fingerprint density at radius 3 is 1.64 bits per heavy atom. The van der Waals surface area contributed by atoms with E-state index in [9.17, 15) is 0 Å². The maximum Gasteiger partial charge on any atom is 0.135 e. The molecule has 0 amide bonds. The van der Waals surface area contributed by atoms with Crippen LogP contribution in [0.2, 0.25) is 0 Å². The Hall–Kier alpha value is -7.98. The van der Waals surface area contributed by atoms with Crippen LogP contribution in [0.5, 0.6) is 11.5 Å². The Labute approximate surface area is 456 Å². The summed E-state index contributed by atoms with van der Waals surface area (Å²) in [5, 5.41) is 2.18. The number of aryl methyl sites for hydroxylation is 1. The number of pyridine rings is 1. The summed E-state index contributed by atoms with van der Waals surface area (Å²) in [5.41, 5.74) is 18.6. The van der Waals surface area contributed by atoms with Crippen LogP contribution in [0.1, 0.15) is 58.2 Å². The molecule has 2 aromatic heterocycles. The number of rotatable bonds is 9. The first-order chi connectivity index (χ1) is 35.9. The van der Waals surface area contributed by atoms with Gasteiger partial charge in [-0.1, -0.05) is 205 Å². The van der Waals surface area contributed by atoms with Crippen molar-refractivity contribution in [2.24, 2.45) is 0 Å². The first kappa shape index (κ1) is 49.2. The van der Waals surface area contributed by atoms with Crippen molar-refractivity contribution in [2.75, 3.05) is 9.80 Å². The van der Waals surface area contributed by atoms with Crippen molar-refractivity contribution in [3.63, 3.8) is 0 Å². The van der Waals surface area contributed by atoms with Gasteiger partial charge in [0.05, 0.1) is 0 Å². The van der Waals surface area contributed by atoms with Crippen LogP contribution in [-0.4, -0.2) is 9.55 Å². The molecule has 5 nitrogen and oxygen atoms in total. The molecule has 0 saturated heterocycles. The van der Waals surface area contributed by atoms with Crippen molar-refractivity contribution < 1.29 is 25.8 Å². The Bertz CT molecular complexity index is 3810. The number of hydrogen-bond donors (Lipinski definition) is 0. The van der Waals surface area contributed by atoms with E-state index < -0.39 is 0 Å². The Morgan fingerprint density at radius 1 is 0.467 bits per heavy atom. The van der Waals surface area contributed by atoms with Gasteiger partial charge in [-0.25, -0.2) is 4.98 Å². The normalized spacial score (nSPS) is 12.5. The van der Waals surface area contributed by atoms with Gasteiger partial charge in [0.2, 0.25) is 0 Å². The average molecular weight is 1150 g/mol. The maximum atomic E-state index is 7.00. The fraction of sp³-hybridized carbons (Fsp3) is 0.130. The van der Waals surface area contributed by atoms with Crippen molar-refractivity contribution in [3.05, 3.63) is 248 Å². The molecule has 11 aromatic rings. The summed E-state index contributed by atoms with van der Waals surface area (Å²) < 4.78 is 9.23. The Balaban J connectivity index is 0.00000602. The molecule has 0 saturated carbocycles. The van der Waals surface area contributed by atoms with Crippen LogP contribution in [0.4, 0.5) is 22.7 Å². The monoisotopic (exact) mass is 1150 g/mol. The molecule has 0 fully saturated rings. The molecule has 75 heavy (non-hydrogen) atoms. The molecule has 6 heteroatoms. The number of benzene rings is 9. The molecular formula is C69H57N4OPt-3. The van der Waals surface area contributed by atoms with Gasteiger partial charge in [0.1, 0.15) is 5.82 Å². The predicted octanol–water partition coefficient (Wildman–Crippen LogP) is 18.5.